The number of rotatable bonds is 13. The van der Waals surface area contributed by atoms with Crippen LogP contribution in [0.1, 0.15) is 54.4 Å². The number of esters is 1. The molecule has 4 N–H and O–H groups in total. The van der Waals surface area contributed by atoms with Gasteiger partial charge in [0.25, 0.3) is 0 Å². The predicted molar refractivity (Wildman–Crippen MR) is 148 cm³/mol. The maximum absolute atomic E-state index is 12.7. The van der Waals surface area contributed by atoms with Gasteiger partial charge >= 0.3 is 18.2 Å². The lowest BCUT2D eigenvalue weighted by atomic mass is 10.2. The second-order valence-corrected chi connectivity index (χ2v) is 15.1. The van der Waals surface area contributed by atoms with E-state index in [1.165, 1.54) is 12.0 Å². The van der Waals surface area contributed by atoms with E-state index in [0.717, 1.165) is 0 Å². The number of alkyl carbamates (subject to hydrolysis) is 2. The highest BCUT2D eigenvalue weighted by molar-refractivity contribution is 7.89. The SMILES string of the molecule is COC(=O)CCC(=O)N1C[C@@H](NS(=O)(=O)CCNC(=O)OC(C)(C)C)[C@H](NS(=O)(=O)CCNC(=O)OC(C)(C)C)C1. The largest absolute Gasteiger partial charge is 0.469 e. The van der Waals surface area contributed by atoms with Crippen molar-refractivity contribution in [1.29, 1.82) is 0 Å². The van der Waals surface area contributed by atoms with Crippen molar-refractivity contribution >= 4 is 44.1 Å². The third kappa shape index (κ3) is 15.8. The number of carbonyl (C=O) groups is 4. The van der Waals surface area contributed by atoms with E-state index in [4.69, 9.17) is 9.47 Å². The number of hydrogen-bond donors (Lipinski definition) is 4. The molecule has 0 unspecified atom stereocenters. The normalized spacial score (nSPS) is 18.0. The molecule has 0 aromatic rings. The fraction of sp³-hybridized carbons (Fsp3) is 0.826. The van der Waals surface area contributed by atoms with E-state index in [-0.39, 0.29) is 39.0 Å². The van der Waals surface area contributed by atoms with Gasteiger partial charge in [-0.1, -0.05) is 0 Å². The smallest absolute Gasteiger partial charge is 0.407 e. The summed E-state index contributed by atoms with van der Waals surface area (Å²) < 4.78 is 70.4. The van der Waals surface area contributed by atoms with Gasteiger partial charge in [-0.15, -0.1) is 0 Å². The molecule has 1 aliphatic rings. The zero-order valence-corrected chi connectivity index (χ0v) is 26.2. The first kappa shape index (κ1) is 36.3. The second-order valence-electron chi connectivity index (χ2n) is 11.3. The predicted octanol–water partition coefficient (Wildman–Crippen LogP) is -0.593. The molecule has 1 saturated heterocycles. The van der Waals surface area contributed by atoms with Crippen LogP contribution in [0.2, 0.25) is 0 Å². The molecule has 41 heavy (non-hydrogen) atoms. The van der Waals surface area contributed by atoms with Crippen molar-refractivity contribution in [3.63, 3.8) is 0 Å². The fourth-order valence-electron chi connectivity index (χ4n) is 3.50. The summed E-state index contributed by atoms with van der Waals surface area (Å²) >= 11 is 0. The van der Waals surface area contributed by atoms with Crippen LogP contribution in [-0.4, -0.2) is 114 Å². The molecular weight excluding hydrogens is 586 g/mol. The molecule has 16 nitrogen and oxygen atoms in total. The zero-order valence-electron chi connectivity index (χ0n) is 24.6. The number of nitrogens with zero attached hydrogens (tertiary/aromatic N) is 1. The first-order valence-corrected chi connectivity index (χ1v) is 16.2. The summed E-state index contributed by atoms with van der Waals surface area (Å²) in [5, 5.41) is 4.66. The van der Waals surface area contributed by atoms with Crippen LogP contribution in [0.15, 0.2) is 0 Å². The van der Waals surface area contributed by atoms with E-state index in [9.17, 15) is 36.0 Å². The molecule has 18 heteroatoms. The first-order chi connectivity index (χ1) is 18.6. The van der Waals surface area contributed by atoms with Crippen molar-refractivity contribution < 1.29 is 50.2 Å². The maximum Gasteiger partial charge on any atom is 0.407 e. The van der Waals surface area contributed by atoms with Crippen molar-refractivity contribution in [2.24, 2.45) is 0 Å². The van der Waals surface area contributed by atoms with E-state index >= 15 is 0 Å². The number of methoxy groups -OCH3 is 1. The monoisotopic (exact) mass is 629 g/mol. The van der Waals surface area contributed by atoms with Crippen LogP contribution in [-0.2, 0) is 43.8 Å². The van der Waals surface area contributed by atoms with E-state index in [2.05, 4.69) is 24.8 Å². The Balaban J connectivity index is 2.88. The number of hydrogen-bond acceptors (Lipinski definition) is 11. The van der Waals surface area contributed by atoms with Gasteiger partial charge in [0.05, 0.1) is 37.1 Å². The highest BCUT2D eigenvalue weighted by atomic mass is 32.2. The minimum Gasteiger partial charge on any atom is -0.469 e. The maximum atomic E-state index is 12.7. The summed E-state index contributed by atoms with van der Waals surface area (Å²) in [6.07, 6.45) is -2.03. The highest BCUT2D eigenvalue weighted by Gasteiger charge is 2.39. The Bertz CT molecular complexity index is 1070. The third-order valence-electron chi connectivity index (χ3n) is 5.18. The van der Waals surface area contributed by atoms with Gasteiger partial charge in [-0.05, 0) is 41.5 Å². The minimum absolute atomic E-state index is 0.178. The molecule has 1 fully saturated rings. The minimum atomic E-state index is -4.06. The van der Waals surface area contributed by atoms with Crippen LogP contribution < -0.4 is 20.1 Å². The lowest BCUT2D eigenvalue weighted by Crippen LogP contribution is -2.52. The quantitative estimate of drug-likeness (QED) is 0.149. The topological polar surface area (TPSA) is 216 Å². The van der Waals surface area contributed by atoms with Crippen LogP contribution in [0.4, 0.5) is 9.59 Å². The van der Waals surface area contributed by atoms with E-state index in [0.29, 0.717) is 0 Å². The molecule has 0 aromatic heterocycles. The summed E-state index contributed by atoms with van der Waals surface area (Å²) in [6, 6.07) is -2.12. The molecule has 0 aromatic carbocycles. The van der Waals surface area contributed by atoms with Crippen LogP contribution in [0, 0.1) is 0 Å². The fourth-order valence-corrected chi connectivity index (χ4v) is 5.88. The Kier molecular flexibility index (Phi) is 13.3. The van der Waals surface area contributed by atoms with Gasteiger partial charge in [0.15, 0.2) is 0 Å². The molecule has 1 heterocycles. The van der Waals surface area contributed by atoms with Gasteiger partial charge < -0.3 is 29.7 Å². The lowest BCUT2D eigenvalue weighted by Gasteiger charge is -2.22. The molecule has 0 bridgehead atoms. The van der Waals surface area contributed by atoms with Crippen molar-refractivity contribution in [2.75, 3.05) is 44.8 Å². The Hall–Kier alpha value is -2.70. The molecule has 1 aliphatic heterocycles. The molecule has 238 valence electrons. The zero-order chi connectivity index (χ0) is 31.6. The summed E-state index contributed by atoms with van der Waals surface area (Å²) in [7, 11) is -6.94. The lowest BCUT2D eigenvalue weighted by molar-refractivity contribution is -0.143. The van der Waals surface area contributed by atoms with Crippen molar-refractivity contribution in [1.82, 2.24) is 25.0 Å². The van der Waals surface area contributed by atoms with Gasteiger partial charge in [-0.3, -0.25) is 9.59 Å². The van der Waals surface area contributed by atoms with Crippen LogP contribution >= 0.6 is 0 Å². The van der Waals surface area contributed by atoms with Crippen LogP contribution in [0.5, 0.6) is 0 Å². The first-order valence-electron chi connectivity index (χ1n) is 12.9. The highest BCUT2D eigenvalue weighted by Crippen LogP contribution is 2.15. The van der Waals surface area contributed by atoms with Crippen LogP contribution in [0.25, 0.3) is 0 Å². The van der Waals surface area contributed by atoms with Crippen molar-refractivity contribution in [3.05, 3.63) is 0 Å². The van der Waals surface area contributed by atoms with Gasteiger partial charge in [0.1, 0.15) is 11.2 Å². The number of likely N-dealkylation sites (tertiary alicyclic amines) is 1. The molecule has 2 atom stereocenters. The Morgan fingerprint density at radius 1 is 0.732 bits per heavy atom. The average molecular weight is 630 g/mol. The molecule has 0 spiro atoms. The summed E-state index contributed by atoms with van der Waals surface area (Å²) in [5.74, 6) is -2.20. The van der Waals surface area contributed by atoms with Gasteiger partial charge in [0, 0.05) is 32.6 Å². The molecule has 1 rings (SSSR count). The molecular formula is C23H43N5O11S2. The Morgan fingerprint density at radius 2 is 1.12 bits per heavy atom. The van der Waals surface area contributed by atoms with Crippen molar-refractivity contribution in [2.45, 2.75) is 77.7 Å². The van der Waals surface area contributed by atoms with E-state index < -0.39 is 78.9 Å². The number of amides is 3. The van der Waals surface area contributed by atoms with Gasteiger partial charge in [-0.25, -0.2) is 35.9 Å². The molecule has 0 saturated carbocycles. The second kappa shape index (κ2) is 15.0. The van der Waals surface area contributed by atoms with Gasteiger partial charge in [-0.2, -0.15) is 0 Å². The number of carbonyl (C=O) groups excluding carboxylic acids is 4. The molecule has 0 radical (unpaired) electrons. The number of sulfonamides is 2. The standard InChI is InChI=1S/C23H43N5O11S2/c1-22(2,3)38-20(31)24-10-12-40(33,34)26-16-14-28(18(29)8-9-19(30)37-7)15-17(16)27-41(35,36)13-11-25-21(32)39-23(4,5)6/h16-17,26-27H,8-15H2,1-7H3,(H,24,31)(H,25,32)/t16-,17-/m1/s1. The summed E-state index contributed by atoms with van der Waals surface area (Å²) in [4.78, 5) is 48.9. The average Bonchev–Trinajstić information content (AvgIpc) is 3.15. The Labute approximate surface area is 241 Å². The van der Waals surface area contributed by atoms with Crippen LogP contribution in [0.3, 0.4) is 0 Å². The van der Waals surface area contributed by atoms with E-state index in [1.807, 2.05) is 0 Å². The summed E-state index contributed by atoms with van der Waals surface area (Å²) in [6.45, 7) is 8.98. The Morgan fingerprint density at radius 3 is 1.46 bits per heavy atom. The van der Waals surface area contributed by atoms with E-state index in [1.54, 1.807) is 41.5 Å². The number of nitrogens with one attached hydrogen (secondary N) is 4. The van der Waals surface area contributed by atoms with Crippen molar-refractivity contribution in [3.8, 4) is 0 Å². The third-order valence-corrected chi connectivity index (χ3v) is 7.99. The van der Waals surface area contributed by atoms with Gasteiger partial charge in [0.2, 0.25) is 26.0 Å². The number of ether oxygens (including phenoxy) is 3. The molecule has 0 aliphatic carbocycles. The summed E-state index contributed by atoms with van der Waals surface area (Å²) in [5.41, 5.74) is -1.55. The molecule has 3 amide bonds.